The van der Waals surface area contributed by atoms with E-state index < -0.39 is 0 Å². The number of hydrogen-bond donors (Lipinski definition) is 0. The highest BCUT2D eigenvalue weighted by molar-refractivity contribution is 9.10. The SMILES string of the molecule is CCOc1c(Br)cc(C)cc1C(C)=O. The molecule has 0 atom stereocenters. The molecule has 0 radical (unpaired) electrons. The molecule has 0 saturated carbocycles. The van der Waals surface area contributed by atoms with E-state index in [0.717, 1.165) is 10.0 Å². The molecule has 0 spiro atoms. The Labute approximate surface area is 92.4 Å². The van der Waals surface area contributed by atoms with Crippen LogP contribution in [-0.4, -0.2) is 12.4 Å². The number of halogens is 1. The van der Waals surface area contributed by atoms with Crippen LogP contribution < -0.4 is 4.74 Å². The van der Waals surface area contributed by atoms with Gasteiger partial charge >= 0.3 is 0 Å². The third-order valence-corrected chi connectivity index (χ3v) is 2.44. The van der Waals surface area contributed by atoms with Crippen molar-refractivity contribution in [2.45, 2.75) is 20.8 Å². The van der Waals surface area contributed by atoms with Crippen LogP contribution in [0.3, 0.4) is 0 Å². The number of ether oxygens (including phenoxy) is 1. The molecule has 3 heteroatoms. The molecule has 0 unspecified atom stereocenters. The van der Waals surface area contributed by atoms with Crippen LogP contribution in [0.2, 0.25) is 0 Å². The molecule has 1 rings (SSSR count). The Morgan fingerprint density at radius 3 is 2.64 bits per heavy atom. The van der Waals surface area contributed by atoms with Gasteiger partial charge in [0.25, 0.3) is 0 Å². The maximum Gasteiger partial charge on any atom is 0.163 e. The summed E-state index contributed by atoms with van der Waals surface area (Å²) in [6.45, 7) is 5.95. The van der Waals surface area contributed by atoms with Crippen LogP contribution in [0.15, 0.2) is 16.6 Å². The van der Waals surface area contributed by atoms with Crippen molar-refractivity contribution in [3.05, 3.63) is 27.7 Å². The van der Waals surface area contributed by atoms with Crippen molar-refractivity contribution >= 4 is 21.7 Å². The molecule has 2 nitrogen and oxygen atoms in total. The minimum absolute atomic E-state index is 0.0258. The van der Waals surface area contributed by atoms with Gasteiger partial charge in [-0.2, -0.15) is 0 Å². The van der Waals surface area contributed by atoms with Crippen molar-refractivity contribution in [2.75, 3.05) is 6.61 Å². The molecule has 0 aliphatic rings. The Bertz CT molecular complexity index is 359. The van der Waals surface area contributed by atoms with Crippen LogP contribution in [0.4, 0.5) is 0 Å². The number of carbonyl (C=O) groups is 1. The first kappa shape index (κ1) is 11.2. The molecule has 0 N–H and O–H groups in total. The fraction of sp³-hybridized carbons (Fsp3) is 0.364. The molecule has 0 bridgehead atoms. The summed E-state index contributed by atoms with van der Waals surface area (Å²) in [5.74, 6) is 0.670. The molecule has 14 heavy (non-hydrogen) atoms. The van der Waals surface area contributed by atoms with Crippen molar-refractivity contribution in [2.24, 2.45) is 0 Å². The minimum atomic E-state index is 0.0258. The van der Waals surface area contributed by atoms with Gasteiger partial charge in [-0.25, -0.2) is 0 Å². The average molecular weight is 257 g/mol. The number of rotatable bonds is 3. The molecule has 0 aliphatic carbocycles. The van der Waals surface area contributed by atoms with Crippen molar-refractivity contribution in [1.82, 2.24) is 0 Å². The maximum atomic E-state index is 11.3. The fourth-order valence-electron chi connectivity index (χ4n) is 1.28. The van der Waals surface area contributed by atoms with Crippen LogP contribution >= 0.6 is 15.9 Å². The molecular formula is C11H13BrO2. The summed E-state index contributed by atoms with van der Waals surface area (Å²) >= 11 is 3.39. The van der Waals surface area contributed by atoms with Crippen LogP contribution in [0.1, 0.15) is 29.8 Å². The van der Waals surface area contributed by atoms with E-state index in [9.17, 15) is 4.79 Å². The number of hydrogen-bond acceptors (Lipinski definition) is 2. The van der Waals surface area contributed by atoms with E-state index in [0.29, 0.717) is 17.9 Å². The summed E-state index contributed by atoms with van der Waals surface area (Å²) in [6, 6.07) is 3.79. The second-order valence-corrected chi connectivity index (χ2v) is 3.97. The Morgan fingerprint density at radius 1 is 1.50 bits per heavy atom. The third kappa shape index (κ3) is 2.35. The van der Waals surface area contributed by atoms with Gasteiger partial charge in [0.15, 0.2) is 5.78 Å². The van der Waals surface area contributed by atoms with Crippen molar-refractivity contribution in [1.29, 1.82) is 0 Å². The van der Waals surface area contributed by atoms with Gasteiger partial charge in [-0.3, -0.25) is 4.79 Å². The third-order valence-electron chi connectivity index (χ3n) is 1.86. The number of benzene rings is 1. The van der Waals surface area contributed by atoms with Crippen LogP contribution in [0.5, 0.6) is 5.75 Å². The largest absolute Gasteiger partial charge is 0.492 e. The highest BCUT2D eigenvalue weighted by Gasteiger charge is 2.12. The van der Waals surface area contributed by atoms with E-state index in [-0.39, 0.29) is 5.78 Å². The lowest BCUT2D eigenvalue weighted by atomic mass is 10.1. The first-order chi connectivity index (χ1) is 6.56. The Balaban J connectivity index is 3.28. The zero-order valence-electron chi connectivity index (χ0n) is 8.56. The smallest absolute Gasteiger partial charge is 0.163 e. The van der Waals surface area contributed by atoms with Gasteiger partial charge in [-0.15, -0.1) is 0 Å². The molecule has 0 saturated heterocycles. The van der Waals surface area contributed by atoms with E-state index in [2.05, 4.69) is 15.9 Å². The number of carbonyl (C=O) groups excluding carboxylic acids is 1. The van der Waals surface area contributed by atoms with Crippen molar-refractivity contribution < 1.29 is 9.53 Å². The van der Waals surface area contributed by atoms with Crippen molar-refractivity contribution in [3.8, 4) is 5.75 Å². The average Bonchev–Trinajstić information content (AvgIpc) is 2.09. The van der Waals surface area contributed by atoms with E-state index in [1.165, 1.54) is 0 Å². The standard InChI is InChI=1S/C11H13BrO2/c1-4-14-11-9(8(3)13)5-7(2)6-10(11)12/h5-6H,4H2,1-3H3. The summed E-state index contributed by atoms with van der Waals surface area (Å²) in [5, 5.41) is 0. The van der Waals surface area contributed by atoms with Gasteiger partial charge in [0, 0.05) is 0 Å². The molecule has 0 aliphatic heterocycles. The molecule has 76 valence electrons. The molecule has 0 amide bonds. The van der Waals surface area contributed by atoms with Crippen LogP contribution in [0, 0.1) is 6.92 Å². The zero-order valence-corrected chi connectivity index (χ0v) is 10.1. The van der Waals surface area contributed by atoms with Gasteiger partial charge in [0.2, 0.25) is 0 Å². The van der Waals surface area contributed by atoms with E-state index in [1.807, 2.05) is 26.0 Å². The number of Topliss-reactive ketones (excluding diaryl/α,β-unsaturated/α-hetero) is 1. The summed E-state index contributed by atoms with van der Waals surface area (Å²) in [5.41, 5.74) is 1.68. The second kappa shape index (κ2) is 4.60. The number of aryl methyl sites for hydroxylation is 1. The molecule has 1 aromatic carbocycles. The highest BCUT2D eigenvalue weighted by Crippen LogP contribution is 2.31. The van der Waals surface area contributed by atoms with Gasteiger partial charge < -0.3 is 4.74 Å². The van der Waals surface area contributed by atoms with E-state index in [1.54, 1.807) is 6.92 Å². The monoisotopic (exact) mass is 256 g/mol. The zero-order chi connectivity index (χ0) is 10.7. The summed E-state index contributed by atoms with van der Waals surface area (Å²) in [4.78, 5) is 11.3. The Morgan fingerprint density at radius 2 is 2.14 bits per heavy atom. The lowest BCUT2D eigenvalue weighted by Crippen LogP contribution is -2.02. The Kier molecular flexibility index (Phi) is 3.69. The van der Waals surface area contributed by atoms with Gasteiger partial charge in [-0.1, -0.05) is 0 Å². The lowest BCUT2D eigenvalue weighted by molar-refractivity contribution is 0.101. The highest BCUT2D eigenvalue weighted by atomic mass is 79.9. The molecular weight excluding hydrogens is 244 g/mol. The van der Waals surface area contributed by atoms with Gasteiger partial charge in [-0.05, 0) is 54.4 Å². The molecule has 0 fully saturated rings. The minimum Gasteiger partial charge on any atom is -0.492 e. The first-order valence-corrected chi connectivity index (χ1v) is 5.29. The predicted molar refractivity (Wildman–Crippen MR) is 60.1 cm³/mol. The lowest BCUT2D eigenvalue weighted by Gasteiger charge is -2.11. The number of ketones is 1. The summed E-state index contributed by atoms with van der Waals surface area (Å²) in [7, 11) is 0. The molecule has 1 aromatic rings. The predicted octanol–water partition coefficient (Wildman–Crippen LogP) is 3.36. The summed E-state index contributed by atoms with van der Waals surface area (Å²) < 4.78 is 6.25. The van der Waals surface area contributed by atoms with Gasteiger partial charge in [0.05, 0.1) is 16.6 Å². The Hall–Kier alpha value is -0.830. The topological polar surface area (TPSA) is 26.3 Å². The van der Waals surface area contributed by atoms with Crippen molar-refractivity contribution in [3.63, 3.8) is 0 Å². The maximum absolute atomic E-state index is 11.3. The summed E-state index contributed by atoms with van der Waals surface area (Å²) in [6.07, 6.45) is 0. The molecule has 0 heterocycles. The normalized spacial score (nSPS) is 10.0. The van der Waals surface area contributed by atoms with Crippen LogP contribution in [-0.2, 0) is 0 Å². The first-order valence-electron chi connectivity index (χ1n) is 4.50. The quantitative estimate of drug-likeness (QED) is 0.776. The van der Waals surface area contributed by atoms with E-state index in [4.69, 9.17) is 4.74 Å². The van der Waals surface area contributed by atoms with E-state index >= 15 is 0 Å². The van der Waals surface area contributed by atoms with Gasteiger partial charge in [0.1, 0.15) is 5.75 Å². The fourth-order valence-corrected chi connectivity index (χ4v) is 1.97. The molecule has 0 aromatic heterocycles. The van der Waals surface area contributed by atoms with Crippen LogP contribution in [0.25, 0.3) is 0 Å². The second-order valence-electron chi connectivity index (χ2n) is 3.11.